The lowest BCUT2D eigenvalue weighted by atomic mass is 9.45. The summed E-state index contributed by atoms with van der Waals surface area (Å²) >= 11 is 0. The van der Waals surface area contributed by atoms with Crippen molar-refractivity contribution < 1.29 is 15.0 Å². The third-order valence-electron chi connectivity index (χ3n) is 5.89. The van der Waals surface area contributed by atoms with Crippen LogP contribution >= 0.6 is 0 Å². The van der Waals surface area contributed by atoms with Crippen LogP contribution in [0, 0.1) is 5.41 Å². The van der Waals surface area contributed by atoms with E-state index in [0.717, 1.165) is 16.7 Å². The van der Waals surface area contributed by atoms with Gasteiger partial charge in [0.2, 0.25) is 0 Å². The summed E-state index contributed by atoms with van der Waals surface area (Å²) in [5, 5.41) is 20.6. The number of phenols is 2. The summed E-state index contributed by atoms with van der Waals surface area (Å²) in [4.78, 5) is 12.9. The first kappa shape index (κ1) is 13.2. The summed E-state index contributed by atoms with van der Waals surface area (Å²) in [6.07, 6.45) is 0. The summed E-state index contributed by atoms with van der Waals surface area (Å²) in [6.45, 7) is 9.85. The van der Waals surface area contributed by atoms with E-state index in [2.05, 4.69) is 0 Å². The molecule has 0 saturated heterocycles. The lowest BCUT2D eigenvalue weighted by Crippen LogP contribution is -2.56. The normalized spacial score (nSPS) is 30.6. The third-order valence-corrected chi connectivity index (χ3v) is 5.89. The molecule has 106 valence electrons. The van der Waals surface area contributed by atoms with E-state index in [-0.39, 0.29) is 17.3 Å². The van der Waals surface area contributed by atoms with E-state index in [9.17, 15) is 15.0 Å². The van der Waals surface area contributed by atoms with Crippen LogP contribution in [0.4, 0.5) is 0 Å². The Bertz CT molecular complexity index is 682. The van der Waals surface area contributed by atoms with Crippen molar-refractivity contribution in [3.05, 3.63) is 34.4 Å². The second-order valence-corrected chi connectivity index (χ2v) is 6.75. The van der Waals surface area contributed by atoms with Crippen molar-refractivity contribution >= 4 is 5.78 Å². The maximum absolute atomic E-state index is 12.9. The second-order valence-electron chi connectivity index (χ2n) is 6.75. The van der Waals surface area contributed by atoms with Gasteiger partial charge in [0.15, 0.2) is 5.78 Å². The van der Waals surface area contributed by atoms with Crippen molar-refractivity contribution in [3.63, 3.8) is 0 Å². The van der Waals surface area contributed by atoms with Gasteiger partial charge in [-0.1, -0.05) is 31.9 Å². The fraction of sp³-hybridized carbons (Fsp3) is 0.471. The van der Waals surface area contributed by atoms with E-state index in [1.165, 1.54) is 12.1 Å². The van der Waals surface area contributed by atoms with Crippen LogP contribution in [0.1, 0.15) is 51.7 Å². The molecule has 0 aromatic heterocycles. The summed E-state index contributed by atoms with van der Waals surface area (Å²) < 4.78 is 0. The van der Waals surface area contributed by atoms with Crippen LogP contribution in [0.2, 0.25) is 0 Å². The lowest BCUT2D eigenvalue weighted by molar-refractivity contribution is -0.133. The average molecular weight is 272 g/mol. The average Bonchev–Trinajstić information content (AvgIpc) is 2.38. The number of Topliss-reactive ketones (excluding diaryl/α,β-unsaturated/α-hetero) is 1. The number of carbonyl (C=O) groups excluding carboxylic acids is 1. The lowest BCUT2D eigenvalue weighted by Gasteiger charge is -2.56. The van der Waals surface area contributed by atoms with Crippen LogP contribution in [0.3, 0.4) is 0 Å². The molecule has 3 aliphatic rings. The fourth-order valence-corrected chi connectivity index (χ4v) is 4.15. The fourth-order valence-electron chi connectivity index (χ4n) is 4.15. The van der Waals surface area contributed by atoms with Crippen LogP contribution < -0.4 is 0 Å². The van der Waals surface area contributed by atoms with Gasteiger partial charge in [-0.2, -0.15) is 0 Å². The first-order valence-electron chi connectivity index (χ1n) is 6.93. The van der Waals surface area contributed by atoms with Crippen molar-refractivity contribution in [1.82, 2.24) is 0 Å². The minimum Gasteiger partial charge on any atom is -0.508 e. The first-order valence-corrected chi connectivity index (χ1v) is 6.93. The second kappa shape index (κ2) is 3.46. The van der Waals surface area contributed by atoms with E-state index < -0.39 is 16.7 Å². The molecule has 3 aliphatic carbocycles. The summed E-state index contributed by atoms with van der Waals surface area (Å²) in [6, 6.07) is 2.99. The molecule has 0 spiro atoms. The molecule has 0 radical (unpaired) electrons. The molecule has 0 saturated carbocycles. The highest BCUT2D eigenvalue weighted by Gasteiger charge is 2.61. The van der Waals surface area contributed by atoms with Crippen LogP contribution in [-0.4, -0.2) is 16.0 Å². The van der Waals surface area contributed by atoms with Gasteiger partial charge in [-0.25, -0.2) is 0 Å². The number of allylic oxidation sites excluding steroid dienone is 2. The zero-order valence-electron chi connectivity index (χ0n) is 12.5. The Hall–Kier alpha value is -1.77. The van der Waals surface area contributed by atoms with Gasteiger partial charge in [0.25, 0.3) is 0 Å². The van der Waals surface area contributed by atoms with Gasteiger partial charge >= 0.3 is 0 Å². The standard InChI is InChI=1S/C17H20O3/c1-8-9(2)17(5)14-11(19)7-6-10(18)13(14)12(8)15(20)16(17,3)4/h6-7,12,18-19H,1-5H3. The van der Waals surface area contributed by atoms with Gasteiger partial charge in [0.1, 0.15) is 11.5 Å². The smallest absolute Gasteiger partial charge is 0.151 e. The summed E-state index contributed by atoms with van der Waals surface area (Å²) in [5.41, 5.74) is 2.27. The predicted octanol–water partition coefficient (Wildman–Crippen LogP) is 3.40. The molecule has 2 unspecified atom stereocenters. The largest absolute Gasteiger partial charge is 0.508 e. The van der Waals surface area contributed by atoms with Gasteiger partial charge < -0.3 is 10.2 Å². The maximum atomic E-state index is 12.9. The Labute approximate surface area is 118 Å². The van der Waals surface area contributed by atoms with Gasteiger partial charge in [-0.15, -0.1) is 0 Å². The maximum Gasteiger partial charge on any atom is 0.151 e. The van der Waals surface area contributed by atoms with E-state index in [0.29, 0.717) is 5.56 Å². The molecular weight excluding hydrogens is 252 g/mol. The number of carbonyl (C=O) groups is 1. The van der Waals surface area contributed by atoms with Crippen molar-refractivity contribution in [2.45, 2.75) is 46.0 Å². The quantitative estimate of drug-likeness (QED) is 0.562. The zero-order valence-corrected chi connectivity index (χ0v) is 12.5. The molecule has 2 bridgehead atoms. The third kappa shape index (κ3) is 1.11. The van der Waals surface area contributed by atoms with Crippen LogP contribution in [0.25, 0.3) is 0 Å². The number of hydrogen-bond donors (Lipinski definition) is 2. The Kier molecular flexibility index (Phi) is 2.29. The number of phenolic OH excluding ortho intramolecular Hbond substituents is 2. The van der Waals surface area contributed by atoms with Crippen LogP contribution in [-0.2, 0) is 10.2 Å². The number of fused-ring (bicyclic) bond motifs is 1. The molecule has 20 heavy (non-hydrogen) atoms. The van der Waals surface area contributed by atoms with Gasteiger partial charge in [0.05, 0.1) is 5.92 Å². The predicted molar refractivity (Wildman–Crippen MR) is 77.0 cm³/mol. The molecule has 3 nitrogen and oxygen atoms in total. The van der Waals surface area contributed by atoms with Crippen LogP contribution in [0.15, 0.2) is 23.3 Å². The minimum atomic E-state index is -0.598. The summed E-state index contributed by atoms with van der Waals surface area (Å²) in [7, 11) is 0. The Morgan fingerprint density at radius 3 is 2.20 bits per heavy atom. The van der Waals surface area contributed by atoms with Crippen LogP contribution in [0.5, 0.6) is 11.5 Å². The Balaban J connectivity index is 2.53. The Morgan fingerprint density at radius 1 is 1.05 bits per heavy atom. The topological polar surface area (TPSA) is 57.5 Å². The summed E-state index contributed by atoms with van der Waals surface area (Å²) in [5.74, 6) is -0.0483. The molecule has 0 fully saturated rings. The molecule has 0 aliphatic heterocycles. The van der Waals surface area contributed by atoms with Crippen molar-refractivity contribution in [2.75, 3.05) is 0 Å². The molecule has 1 aromatic rings. The molecule has 1 aromatic carbocycles. The molecule has 3 heteroatoms. The number of rotatable bonds is 0. The number of hydrogen-bond acceptors (Lipinski definition) is 3. The minimum absolute atomic E-state index is 0.102. The monoisotopic (exact) mass is 272 g/mol. The van der Waals surface area contributed by atoms with Gasteiger partial charge in [-0.05, 0) is 26.0 Å². The number of aromatic hydroxyl groups is 2. The van der Waals surface area contributed by atoms with Crippen molar-refractivity contribution in [3.8, 4) is 11.5 Å². The molecule has 4 rings (SSSR count). The Morgan fingerprint density at radius 2 is 1.60 bits per heavy atom. The molecule has 2 atom stereocenters. The first-order chi connectivity index (χ1) is 9.15. The van der Waals surface area contributed by atoms with Gasteiger partial charge in [-0.3, -0.25) is 4.79 Å². The number of benzene rings is 1. The molecule has 2 N–H and O–H groups in total. The SMILES string of the molecule is CC1=C(C)C2(C)c3c(O)ccc(O)c3C1C(=O)C2(C)C. The van der Waals surface area contributed by atoms with E-state index in [4.69, 9.17) is 0 Å². The van der Waals surface area contributed by atoms with E-state index >= 15 is 0 Å². The highest BCUT2D eigenvalue weighted by atomic mass is 16.3. The van der Waals surface area contributed by atoms with Crippen molar-refractivity contribution in [1.29, 1.82) is 0 Å². The molecular formula is C17H20O3. The number of ketones is 1. The van der Waals surface area contributed by atoms with Crippen molar-refractivity contribution in [2.24, 2.45) is 5.41 Å². The molecule has 0 amide bonds. The zero-order chi connectivity index (χ0) is 15.0. The molecule has 0 heterocycles. The van der Waals surface area contributed by atoms with E-state index in [1.807, 2.05) is 34.6 Å². The highest BCUT2D eigenvalue weighted by molar-refractivity contribution is 6.01. The highest BCUT2D eigenvalue weighted by Crippen LogP contribution is 2.65. The van der Waals surface area contributed by atoms with E-state index in [1.54, 1.807) is 0 Å². The van der Waals surface area contributed by atoms with Gasteiger partial charge in [0, 0.05) is 22.0 Å².